The Kier molecular flexibility index (Phi) is 3.49. The van der Waals surface area contributed by atoms with Crippen LogP contribution in [0.5, 0.6) is 0 Å². The molecule has 0 saturated carbocycles. The van der Waals surface area contributed by atoms with Crippen molar-refractivity contribution in [1.82, 2.24) is 4.98 Å². The lowest BCUT2D eigenvalue weighted by molar-refractivity contribution is 0.102. The van der Waals surface area contributed by atoms with Gasteiger partial charge in [-0.15, -0.1) is 0 Å². The Morgan fingerprint density at radius 2 is 2.06 bits per heavy atom. The van der Waals surface area contributed by atoms with Crippen LogP contribution >= 0.6 is 0 Å². The highest BCUT2D eigenvalue weighted by atomic mass is 19.1. The van der Waals surface area contributed by atoms with Crippen LogP contribution in [-0.2, 0) is 0 Å². The summed E-state index contributed by atoms with van der Waals surface area (Å²) in [5.41, 5.74) is 2.24. The number of nitrogen functional groups attached to an aromatic ring is 1. The number of amides is 1. The molecule has 0 aliphatic rings. The molecule has 0 saturated heterocycles. The zero-order chi connectivity index (χ0) is 13.0. The molecule has 18 heavy (non-hydrogen) atoms. The normalized spacial score (nSPS) is 9.89. The van der Waals surface area contributed by atoms with Crippen molar-refractivity contribution in [3.63, 3.8) is 0 Å². The van der Waals surface area contributed by atoms with E-state index in [1.807, 2.05) is 0 Å². The van der Waals surface area contributed by atoms with Gasteiger partial charge < -0.3 is 10.7 Å². The molecular weight excluding hydrogens is 235 g/mol. The summed E-state index contributed by atoms with van der Waals surface area (Å²) in [5.74, 6) is 4.50. The van der Waals surface area contributed by atoms with E-state index in [9.17, 15) is 9.18 Å². The summed E-state index contributed by atoms with van der Waals surface area (Å²) in [4.78, 5) is 15.9. The fourth-order valence-corrected chi connectivity index (χ4v) is 1.48. The summed E-state index contributed by atoms with van der Waals surface area (Å²) in [5, 5.41) is 2.55. The average Bonchev–Trinajstić information content (AvgIpc) is 2.39. The van der Waals surface area contributed by atoms with Gasteiger partial charge in [-0.05, 0) is 24.3 Å². The topological polar surface area (TPSA) is 80.0 Å². The van der Waals surface area contributed by atoms with Crippen molar-refractivity contribution in [3.8, 4) is 0 Å². The van der Waals surface area contributed by atoms with Gasteiger partial charge in [0.1, 0.15) is 11.6 Å². The van der Waals surface area contributed by atoms with E-state index < -0.39 is 11.7 Å². The van der Waals surface area contributed by atoms with Crippen molar-refractivity contribution < 1.29 is 9.18 Å². The molecule has 0 radical (unpaired) electrons. The molecule has 5 nitrogen and oxygen atoms in total. The largest absolute Gasteiger partial charge is 0.321 e. The van der Waals surface area contributed by atoms with E-state index in [4.69, 9.17) is 5.84 Å². The molecule has 4 N–H and O–H groups in total. The number of anilines is 2. The predicted octanol–water partition coefficient (Wildman–Crippen LogP) is 1.76. The number of aromatic nitrogens is 1. The Labute approximate surface area is 103 Å². The first-order valence-corrected chi connectivity index (χ1v) is 5.20. The second kappa shape index (κ2) is 5.24. The number of para-hydroxylation sites is 1. The molecule has 0 aliphatic heterocycles. The first kappa shape index (κ1) is 12.0. The first-order chi connectivity index (χ1) is 8.72. The lowest BCUT2D eigenvalue weighted by Crippen LogP contribution is -2.18. The quantitative estimate of drug-likeness (QED) is 0.569. The monoisotopic (exact) mass is 246 g/mol. The number of rotatable bonds is 3. The number of nitrogens with two attached hydrogens (primary N) is 1. The van der Waals surface area contributed by atoms with Gasteiger partial charge in [-0.25, -0.2) is 9.37 Å². The summed E-state index contributed by atoms with van der Waals surface area (Å²) >= 11 is 0. The molecule has 92 valence electrons. The smallest absolute Gasteiger partial charge is 0.259 e. The number of hydrogen-bond donors (Lipinski definition) is 3. The molecule has 1 heterocycles. The van der Waals surface area contributed by atoms with Gasteiger partial charge in [0.05, 0.1) is 11.3 Å². The molecule has 1 aromatic heterocycles. The van der Waals surface area contributed by atoms with E-state index in [1.54, 1.807) is 24.4 Å². The van der Waals surface area contributed by atoms with Crippen LogP contribution in [0.15, 0.2) is 42.6 Å². The molecule has 0 unspecified atom stereocenters. The van der Waals surface area contributed by atoms with E-state index >= 15 is 0 Å². The molecule has 0 fully saturated rings. The van der Waals surface area contributed by atoms with E-state index in [1.165, 1.54) is 18.2 Å². The average molecular weight is 246 g/mol. The van der Waals surface area contributed by atoms with Gasteiger partial charge in [0.25, 0.3) is 5.91 Å². The standard InChI is InChI=1S/C12H11FN4O/c13-9-5-3-4-8(11(9)17-14)12(18)16-10-6-1-2-7-15-10/h1-7,17H,14H2,(H,15,16,18). The summed E-state index contributed by atoms with van der Waals surface area (Å²) in [6.45, 7) is 0. The third-order valence-electron chi connectivity index (χ3n) is 2.31. The zero-order valence-corrected chi connectivity index (χ0v) is 9.35. The lowest BCUT2D eigenvalue weighted by atomic mass is 10.1. The number of nitrogens with zero attached hydrogens (tertiary/aromatic N) is 1. The molecule has 0 bridgehead atoms. The zero-order valence-electron chi connectivity index (χ0n) is 9.35. The fraction of sp³-hybridized carbons (Fsp3) is 0. The van der Waals surface area contributed by atoms with Crippen LogP contribution in [0, 0.1) is 5.82 Å². The maximum Gasteiger partial charge on any atom is 0.259 e. The Hall–Kier alpha value is -2.47. The molecule has 0 aliphatic carbocycles. The number of carbonyl (C=O) groups is 1. The highest BCUT2D eigenvalue weighted by molar-refractivity contribution is 6.07. The van der Waals surface area contributed by atoms with Crippen molar-refractivity contribution in [3.05, 3.63) is 54.0 Å². The summed E-state index contributed by atoms with van der Waals surface area (Å²) < 4.78 is 13.4. The summed E-state index contributed by atoms with van der Waals surface area (Å²) in [6.07, 6.45) is 1.54. The van der Waals surface area contributed by atoms with Crippen molar-refractivity contribution in [2.24, 2.45) is 5.84 Å². The van der Waals surface area contributed by atoms with Crippen LogP contribution in [0.1, 0.15) is 10.4 Å². The summed E-state index contributed by atoms with van der Waals surface area (Å²) in [6, 6.07) is 9.21. The number of carbonyl (C=O) groups excluding carboxylic acids is 1. The molecule has 6 heteroatoms. The minimum atomic E-state index is -0.592. The third kappa shape index (κ3) is 2.44. The maximum absolute atomic E-state index is 13.4. The number of benzene rings is 1. The molecule has 2 aromatic rings. The number of halogens is 1. The third-order valence-corrected chi connectivity index (χ3v) is 2.31. The van der Waals surface area contributed by atoms with Gasteiger partial charge in [0, 0.05) is 6.20 Å². The predicted molar refractivity (Wildman–Crippen MR) is 66.4 cm³/mol. The maximum atomic E-state index is 13.4. The fourth-order valence-electron chi connectivity index (χ4n) is 1.48. The number of hydrogen-bond acceptors (Lipinski definition) is 4. The molecule has 0 atom stereocenters. The SMILES string of the molecule is NNc1c(F)cccc1C(=O)Nc1ccccn1. The van der Waals surface area contributed by atoms with Gasteiger partial charge >= 0.3 is 0 Å². The molecule has 0 spiro atoms. The molecule has 2 rings (SSSR count). The van der Waals surface area contributed by atoms with Crippen LogP contribution in [0.3, 0.4) is 0 Å². The Morgan fingerprint density at radius 3 is 2.72 bits per heavy atom. The van der Waals surface area contributed by atoms with Gasteiger partial charge in [-0.3, -0.25) is 10.6 Å². The van der Waals surface area contributed by atoms with E-state index in [0.29, 0.717) is 5.82 Å². The molecule has 1 amide bonds. The minimum absolute atomic E-state index is 0.0501. The Bertz CT molecular complexity index is 559. The minimum Gasteiger partial charge on any atom is -0.321 e. The second-order valence-corrected chi connectivity index (χ2v) is 3.48. The van der Waals surface area contributed by atoms with Crippen molar-refractivity contribution >= 4 is 17.4 Å². The number of hydrazine groups is 1. The van der Waals surface area contributed by atoms with Crippen molar-refractivity contribution in [2.45, 2.75) is 0 Å². The second-order valence-electron chi connectivity index (χ2n) is 3.48. The number of pyridine rings is 1. The highest BCUT2D eigenvalue weighted by Crippen LogP contribution is 2.19. The highest BCUT2D eigenvalue weighted by Gasteiger charge is 2.14. The Morgan fingerprint density at radius 1 is 1.22 bits per heavy atom. The number of nitrogens with one attached hydrogen (secondary N) is 2. The van der Waals surface area contributed by atoms with Gasteiger partial charge in [-0.2, -0.15) is 0 Å². The van der Waals surface area contributed by atoms with E-state index in [-0.39, 0.29) is 11.3 Å². The van der Waals surface area contributed by atoms with Crippen LogP contribution in [0.4, 0.5) is 15.9 Å². The van der Waals surface area contributed by atoms with Gasteiger partial charge in [-0.1, -0.05) is 12.1 Å². The molecule has 1 aromatic carbocycles. The summed E-state index contributed by atoms with van der Waals surface area (Å²) in [7, 11) is 0. The van der Waals surface area contributed by atoms with E-state index in [0.717, 1.165) is 0 Å². The van der Waals surface area contributed by atoms with E-state index in [2.05, 4.69) is 15.7 Å². The van der Waals surface area contributed by atoms with Gasteiger partial charge in [0.15, 0.2) is 0 Å². The Balaban J connectivity index is 2.27. The van der Waals surface area contributed by atoms with Crippen molar-refractivity contribution in [1.29, 1.82) is 0 Å². The van der Waals surface area contributed by atoms with Gasteiger partial charge in [0.2, 0.25) is 0 Å². The van der Waals surface area contributed by atoms with Crippen LogP contribution < -0.4 is 16.6 Å². The first-order valence-electron chi connectivity index (χ1n) is 5.20. The molecular formula is C12H11FN4O. The van der Waals surface area contributed by atoms with Crippen molar-refractivity contribution in [2.75, 3.05) is 10.7 Å². The van der Waals surface area contributed by atoms with Crippen LogP contribution in [0.2, 0.25) is 0 Å². The van der Waals surface area contributed by atoms with Crippen LogP contribution in [0.25, 0.3) is 0 Å². The van der Waals surface area contributed by atoms with Crippen LogP contribution in [-0.4, -0.2) is 10.9 Å². The lowest BCUT2D eigenvalue weighted by Gasteiger charge is -2.09.